The minimum absolute atomic E-state index is 0.104. The van der Waals surface area contributed by atoms with E-state index in [1.54, 1.807) is 6.92 Å². The molecule has 0 heterocycles. The molecule has 0 bridgehead atoms. The van der Waals surface area contributed by atoms with Gasteiger partial charge in [0.1, 0.15) is 0 Å². The molecule has 0 spiro atoms. The number of nitro benzene ring substituents is 2. The van der Waals surface area contributed by atoms with Gasteiger partial charge in [0.05, 0.1) is 20.8 Å². The summed E-state index contributed by atoms with van der Waals surface area (Å²) in [6, 6.07) is 1.34. The van der Waals surface area contributed by atoms with Gasteiger partial charge in [-0.15, -0.1) is 0 Å². The van der Waals surface area contributed by atoms with Crippen LogP contribution in [0.25, 0.3) is 0 Å². The number of primary sulfonamides is 1. The lowest BCUT2D eigenvalue weighted by molar-refractivity contribution is -0.393. The van der Waals surface area contributed by atoms with Crippen LogP contribution in [0.4, 0.5) is 17.1 Å². The molecule has 0 aliphatic heterocycles. The predicted molar refractivity (Wildman–Crippen MR) is 80.7 cm³/mol. The maximum atomic E-state index is 11.4. The number of likely N-dealkylation sites (N-methyl/N-ethyl adjacent to an activating group) is 1. The van der Waals surface area contributed by atoms with Gasteiger partial charge in [0.15, 0.2) is 5.69 Å². The van der Waals surface area contributed by atoms with Gasteiger partial charge in [-0.05, 0) is 13.8 Å². The van der Waals surface area contributed by atoms with Crippen molar-refractivity contribution >= 4 is 27.1 Å². The van der Waals surface area contributed by atoms with E-state index in [2.05, 4.69) is 0 Å². The Morgan fingerprint density at radius 2 is 1.70 bits per heavy atom. The molecule has 0 amide bonds. The van der Waals surface area contributed by atoms with Gasteiger partial charge in [0.2, 0.25) is 10.0 Å². The number of nitro groups is 2. The van der Waals surface area contributed by atoms with Gasteiger partial charge >= 0.3 is 11.4 Å². The number of aliphatic hydroxyl groups excluding tert-OH is 1. The molecule has 0 aromatic heterocycles. The second kappa shape index (κ2) is 6.85. The minimum atomic E-state index is -4.36. The number of nitrogens with zero attached hydrogens (tertiary/aromatic N) is 3. The van der Waals surface area contributed by atoms with Crippen molar-refractivity contribution < 1.29 is 23.4 Å². The SMILES string of the molecule is CCN(CC(C)O)c1c([N+](=O)[O-])cc(S(N)(=O)=O)cc1[N+](=O)[O-]. The van der Waals surface area contributed by atoms with Crippen LogP contribution in [0.2, 0.25) is 0 Å². The Morgan fingerprint density at radius 1 is 1.26 bits per heavy atom. The van der Waals surface area contributed by atoms with Gasteiger partial charge in [-0.2, -0.15) is 0 Å². The third-order valence-electron chi connectivity index (χ3n) is 2.95. The van der Waals surface area contributed by atoms with Crippen LogP contribution >= 0.6 is 0 Å². The average molecular weight is 348 g/mol. The summed E-state index contributed by atoms with van der Waals surface area (Å²) in [6.45, 7) is 3.02. The quantitative estimate of drug-likeness (QED) is 0.525. The molecule has 23 heavy (non-hydrogen) atoms. The zero-order valence-electron chi connectivity index (χ0n) is 12.4. The fourth-order valence-electron chi connectivity index (χ4n) is 2.04. The molecule has 1 unspecified atom stereocenters. The van der Waals surface area contributed by atoms with Gasteiger partial charge < -0.3 is 10.0 Å². The lowest BCUT2D eigenvalue weighted by Crippen LogP contribution is -2.32. The van der Waals surface area contributed by atoms with Crippen LogP contribution in [0.5, 0.6) is 0 Å². The van der Waals surface area contributed by atoms with E-state index < -0.39 is 42.2 Å². The van der Waals surface area contributed by atoms with E-state index in [9.17, 15) is 33.8 Å². The third kappa shape index (κ3) is 4.34. The average Bonchev–Trinajstić information content (AvgIpc) is 2.41. The summed E-state index contributed by atoms with van der Waals surface area (Å²) in [5, 5.41) is 36.8. The fraction of sp³-hybridized carbons (Fsp3) is 0.455. The van der Waals surface area contributed by atoms with E-state index in [0.29, 0.717) is 12.1 Å². The number of anilines is 1. The first-order valence-corrected chi connectivity index (χ1v) is 7.96. The Morgan fingerprint density at radius 3 is 1.96 bits per heavy atom. The van der Waals surface area contributed by atoms with Gasteiger partial charge in [0.25, 0.3) is 0 Å². The number of nitrogens with two attached hydrogens (primary N) is 1. The minimum Gasteiger partial charge on any atom is -0.392 e. The van der Waals surface area contributed by atoms with Crippen LogP contribution in [0.15, 0.2) is 17.0 Å². The normalized spacial score (nSPS) is 12.7. The summed E-state index contributed by atoms with van der Waals surface area (Å²) in [5.74, 6) is 0. The first-order chi connectivity index (χ1) is 10.5. The number of hydrogen-bond donors (Lipinski definition) is 2. The maximum Gasteiger partial charge on any atom is 0.301 e. The monoisotopic (exact) mass is 348 g/mol. The number of benzene rings is 1. The molecule has 1 atom stereocenters. The van der Waals surface area contributed by atoms with Gasteiger partial charge in [-0.1, -0.05) is 0 Å². The lowest BCUT2D eigenvalue weighted by Gasteiger charge is -2.24. The van der Waals surface area contributed by atoms with Crippen molar-refractivity contribution in [2.75, 3.05) is 18.0 Å². The molecule has 0 aliphatic carbocycles. The van der Waals surface area contributed by atoms with Gasteiger partial charge in [-0.3, -0.25) is 20.2 Å². The lowest BCUT2D eigenvalue weighted by atomic mass is 10.2. The Balaban J connectivity index is 3.78. The van der Waals surface area contributed by atoms with Crippen LogP contribution < -0.4 is 10.0 Å². The number of rotatable bonds is 7. The Kier molecular flexibility index (Phi) is 5.58. The largest absolute Gasteiger partial charge is 0.392 e. The Labute approximate surface area is 131 Å². The molecule has 0 aliphatic rings. The van der Waals surface area contributed by atoms with Crippen molar-refractivity contribution in [1.82, 2.24) is 0 Å². The zero-order valence-corrected chi connectivity index (χ0v) is 13.2. The van der Waals surface area contributed by atoms with E-state index in [0.717, 1.165) is 0 Å². The van der Waals surface area contributed by atoms with E-state index >= 15 is 0 Å². The zero-order chi connectivity index (χ0) is 17.9. The smallest absolute Gasteiger partial charge is 0.301 e. The first-order valence-electron chi connectivity index (χ1n) is 6.41. The molecule has 128 valence electrons. The molecular formula is C11H16N4O7S. The Hall–Kier alpha value is -2.31. The maximum absolute atomic E-state index is 11.4. The summed E-state index contributed by atoms with van der Waals surface area (Å²) in [5.41, 5.74) is -1.92. The van der Waals surface area contributed by atoms with Crippen LogP contribution in [0, 0.1) is 20.2 Å². The van der Waals surface area contributed by atoms with E-state index in [1.165, 1.54) is 11.8 Å². The standard InChI is InChI=1S/C11H16N4O7S/c1-3-13(6-7(2)16)11-9(14(17)18)4-8(23(12,21)22)5-10(11)15(19)20/h4-5,7,16H,3,6H2,1-2H3,(H2,12,21,22). The molecule has 0 fully saturated rings. The predicted octanol–water partition coefficient (Wildman–Crippen LogP) is 0.358. The molecule has 11 nitrogen and oxygen atoms in total. The number of aliphatic hydroxyl groups is 1. The van der Waals surface area contributed by atoms with Gasteiger partial charge in [0, 0.05) is 25.2 Å². The Bertz CT molecular complexity index is 697. The van der Waals surface area contributed by atoms with E-state index in [1.807, 2.05) is 0 Å². The van der Waals surface area contributed by atoms with Crippen molar-refractivity contribution in [2.45, 2.75) is 24.8 Å². The highest BCUT2D eigenvalue weighted by Gasteiger charge is 2.33. The van der Waals surface area contributed by atoms with Crippen LogP contribution in [0.1, 0.15) is 13.8 Å². The van der Waals surface area contributed by atoms with E-state index in [-0.39, 0.29) is 18.8 Å². The van der Waals surface area contributed by atoms with Crippen LogP contribution in [-0.2, 0) is 10.0 Å². The second-order valence-electron chi connectivity index (χ2n) is 4.76. The molecular weight excluding hydrogens is 332 g/mol. The fourth-order valence-corrected chi connectivity index (χ4v) is 2.59. The molecule has 0 saturated carbocycles. The highest BCUT2D eigenvalue weighted by atomic mass is 32.2. The summed E-state index contributed by atoms with van der Waals surface area (Å²) in [7, 11) is -4.36. The van der Waals surface area contributed by atoms with Crippen molar-refractivity contribution in [3.63, 3.8) is 0 Å². The molecule has 1 aromatic carbocycles. The molecule has 12 heteroatoms. The summed E-state index contributed by atoms with van der Waals surface area (Å²) in [6.07, 6.45) is -0.910. The van der Waals surface area contributed by atoms with Crippen LogP contribution in [0.3, 0.4) is 0 Å². The second-order valence-corrected chi connectivity index (χ2v) is 6.32. The van der Waals surface area contributed by atoms with Crippen molar-refractivity contribution in [3.8, 4) is 0 Å². The molecule has 3 N–H and O–H groups in total. The van der Waals surface area contributed by atoms with E-state index in [4.69, 9.17) is 5.14 Å². The summed E-state index contributed by atoms with van der Waals surface area (Å²) in [4.78, 5) is 21.1. The first kappa shape index (κ1) is 18.7. The van der Waals surface area contributed by atoms with Crippen molar-refractivity contribution in [1.29, 1.82) is 0 Å². The number of hydrogen-bond acceptors (Lipinski definition) is 8. The third-order valence-corrected chi connectivity index (χ3v) is 3.84. The van der Waals surface area contributed by atoms with Gasteiger partial charge in [-0.25, -0.2) is 13.6 Å². The molecule has 0 radical (unpaired) electrons. The number of sulfonamides is 1. The molecule has 1 rings (SSSR count). The highest BCUT2D eigenvalue weighted by Crippen LogP contribution is 2.39. The summed E-state index contributed by atoms with van der Waals surface area (Å²) < 4.78 is 22.8. The van der Waals surface area contributed by atoms with Crippen molar-refractivity contribution in [2.24, 2.45) is 5.14 Å². The van der Waals surface area contributed by atoms with Crippen molar-refractivity contribution in [3.05, 3.63) is 32.4 Å². The molecule has 1 aromatic rings. The summed E-state index contributed by atoms with van der Waals surface area (Å²) >= 11 is 0. The highest BCUT2D eigenvalue weighted by molar-refractivity contribution is 7.89. The molecule has 0 saturated heterocycles. The topological polar surface area (TPSA) is 170 Å². The van der Waals surface area contributed by atoms with Crippen LogP contribution in [-0.4, -0.2) is 42.6 Å².